The second kappa shape index (κ2) is 10.8. The molecule has 11 heteroatoms. The van der Waals surface area contributed by atoms with Gasteiger partial charge in [0.2, 0.25) is 5.91 Å². The van der Waals surface area contributed by atoms with Crippen molar-refractivity contribution >= 4 is 29.2 Å². The van der Waals surface area contributed by atoms with E-state index >= 15 is 0 Å². The molecule has 3 N–H and O–H groups in total. The van der Waals surface area contributed by atoms with Gasteiger partial charge in [-0.25, -0.2) is 4.79 Å². The number of aliphatic hydroxyl groups excluding tert-OH is 1. The Morgan fingerprint density at radius 2 is 2.00 bits per heavy atom. The third kappa shape index (κ3) is 5.71. The number of urea groups is 1. The zero-order valence-corrected chi connectivity index (χ0v) is 21.9. The van der Waals surface area contributed by atoms with Gasteiger partial charge < -0.3 is 34.8 Å². The first kappa shape index (κ1) is 26.5. The average molecular weight is 514 g/mol. The summed E-state index contributed by atoms with van der Waals surface area (Å²) >= 11 is 0. The van der Waals surface area contributed by atoms with Gasteiger partial charge in [-0.15, -0.1) is 0 Å². The van der Waals surface area contributed by atoms with E-state index < -0.39 is 12.1 Å². The fourth-order valence-corrected chi connectivity index (χ4v) is 4.36. The molecule has 0 saturated heterocycles. The van der Waals surface area contributed by atoms with E-state index in [1.807, 2.05) is 6.92 Å². The standard InChI is InChI=1S/C26H35N5O6/c1-14-11-31(15(2)13-32)25(34)19-7-6-8-20(27-24(33)18-9-10-18)23(19)36-21(14)12-30(5)26(35)28-22-16(3)29-37-17(22)4/h6-8,14-15,18,21,32H,9-13H2,1-5H3,(H,27,33)(H,28,35)/t14-,15+,21+/m1/s1. The summed E-state index contributed by atoms with van der Waals surface area (Å²) in [4.78, 5) is 42.2. The summed E-state index contributed by atoms with van der Waals surface area (Å²) in [5.41, 5.74) is 1.81. The van der Waals surface area contributed by atoms with Crippen molar-refractivity contribution < 1.29 is 28.8 Å². The molecular weight excluding hydrogens is 478 g/mol. The largest absolute Gasteiger partial charge is 0.485 e. The monoisotopic (exact) mass is 513 g/mol. The zero-order chi connectivity index (χ0) is 26.9. The lowest BCUT2D eigenvalue weighted by Gasteiger charge is -2.38. The van der Waals surface area contributed by atoms with E-state index in [1.165, 1.54) is 4.90 Å². The van der Waals surface area contributed by atoms with Crippen molar-refractivity contribution in [3.63, 3.8) is 0 Å². The van der Waals surface area contributed by atoms with E-state index in [0.717, 1.165) is 12.8 Å². The fraction of sp³-hybridized carbons (Fsp3) is 0.538. The Balaban J connectivity index is 1.63. The minimum absolute atomic E-state index is 0.0279. The molecule has 11 nitrogen and oxygen atoms in total. The van der Waals surface area contributed by atoms with Crippen molar-refractivity contribution in [3.8, 4) is 5.75 Å². The van der Waals surface area contributed by atoms with E-state index in [-0.39, 0.29) is 48.6 Å². The van der Waals surface area contributed by atoms with E-state index in [9.17, 15) is 19.5 Å². The highest BCUT2D eigenvalue weighted by Gasteiger charge is 2.36. The molecule has 3 atom stereocenters. The zero-order valence-electron chi connectivity index (χ0n) is 21.9. The first-order valence-corrected chi connectivity index (χ1v) is 12.6. The summed E-state index contributed by atoms with van der Waals surface area (Å²) < 4.78 is 11.6. The molecule has 0 bridgehead atoms. The molecule has 0 radical (unpaired) electrons. The van der Waals surface area contributed by atoms with Gasteiger partial charge in [-0.3, -0.25) is 9.59 Å². The number of hydrogen-bond acceptors (Lipinski definition) is 7. The smallest absolute Gasteiger partial charge is 0.321 e. The van der Waals surface area contributed by atoms with E-state index in [0.29, 0.717) is 34.9 Å². The maximum absolute atomic E-state index is 13.5. The molecule has 4 rings (SSSR count). The number of aliphatic hydroxyl groups is 1. The molecule has 37 heavy (non-hydrogen) atoms. The maximum atomic E-state index is 13.5. The molecule has 2 aliphatic rings. The van der Waals surface area contributed by atoms with Gasteiger partial charge >= 0.3 is 6.03 Å². The third-order valence-electron chi connectivity index (χ3n) is 6.96. The Bertz CT molecular complexity index is 1160. The van der Waals surface area contributed by atoms with Gasteiger partial charge in [0.1, 0.15) is 17.5 Å². The molecule has 2 aromatic rings. The predicted octanol–water partition coefficient (Wildman–Crippen LogP) is 3.02. The SMILES string of the molecule is Cc1noc(C)c1NC(=O)N(C)C[C@@H]1Oc2c(NC(=O)C3CC3)cccc2C(=O)N([C@@H](C)CO)C[C@H]1C. The number of aryl methyl sites for hydroxylation is 2. The second-order valence-corrected chi connectivity index (χ2v) is 10.1. The molecule has 1 aromatic heterocycles. The van der Waals surface area contributed by atoms with Gasteiger partial charge in [0.15, 0.2) is 11.5 Å². The van der Waals surface area contributed by atoms with Crippen LogP contribution in [0.3, 0.4) is 0 Å². The number of nitrogens with one attached hydrogen (secondary N) is 2. The van der Waals surface area contributed by atoms with E-state index in [4.69, 9.17) is 9.26 Å². The first-order chi connectivity index (χ1) is 17.6. The van der Waals surface area contributed by atoms with Crippen molar-refractivity contribution in [2.45, 2.75) is 52.7 Å². The Kier molecular flexibility index (Phi) is 7.72. The van der Waals surface area contributed by atoms with Crippen molar-refractivity contribution in [3.05, 3.63) is 35.2 Å². The van der Waals surface area contributed by atoms with Crippen molar-refractivity contribution in [1.82, 2.24) is 15.0 Å². The van der Waals surface area contributed by atoms with Crippen LogP contribution in [0.15, 0.2) is 22.7 Å². The number of aromatic nitrogens is 1. The molecule has 200 valence electrons. The summed E-state index contributed by atoms with van der Waals surface area (Å²) in [6.45, 7) is 7.51. The van der Waals surface area contributed by atoms with Crippen LogP contribution in [0.4, 0.5) is 16.2 Å². The predicted molar refractivity (Wildman–Crippen MR) is 137 cm³/mol. The van der Waals surface area contributed by atoms with Gasteiger partial charge in [-0.1, -0.05) is 18.1 Å². The van der Waals surface area contributed by atoms with Gasteiger partial charge in [-0.05, 0) is 45.7 Å². The van der Waals surface area contributed by atoms with Crippen LogP contribution < -0.4 is 15.4 Å². The molecule has 0 spiro atoms. The number of fused-ring (bicyclic) bond motifs is 1. The Hall–Kier alpha value is -3.60. The number of benzene rings is 1. The number of amides is 4. The second-order valence-electron chi connectivity index (χ2n) is 10.1. The molecule has 1 saturated carbocycles. The fourth-order valence-electron chi connectivity index (χ4n) is 4.36. The van der Waals surface area contributed by atoms with Crippen molar-refractivity contribution in [2.24, 2.45) is 11.8 Å². The minimum atomic E-state index is -0.514. The highest BCUT2D eigenvalue weighted by molar-refractivity contribution is 6.02. The van der Waals surface area contributed by atoms with E-state index in [2.05, 4.69) is 15.8 Å². The summed E-state index contributed by atoms with van der Waals surface area (Å²) in [5.74, 6) is 0.161. The quantitative estimate of drug-likeness (QED) is 0.517. The Labute approximate surface area is 216 Å². The summed E-state index contributed by atoms with van der Waals surface area (Å²) in [7, 11) is 1.66. The molecule has 1 aliphatic heterocycles. The number of ether oxygens (including phenoxy) is 1. The maximum Gasteiger partial charge on any atom is 0.321 e. The molecular formula is C26H35N5O6. The molecule has 2 heterocycles. The highest BCUT2D eigenvalue weighted by Crippen LogP contribution is 2.37. The van der Waals surface area contributed by atoms with Crippen LogP contribution >= 0.6 is 0 Å². The summed E-state index contributed by atoms with van der Waals surface area (Å²) in [6.07, 6.45) is 1.17. The summed E-state index contributed by atoms with van der Waals surface area (Å²) in [5, 5.41) is 19.5. The summed E-state index contributed by atoms with van der Waals surface area (Å²) in [6, 6.07) is 4.28. The number of likely N-dealkylation sites (N-methyl/N-ethyl adjacent to an activating group) is 1. The van der Waals surface area contributed by atoms with Crippen LogP contribution in [0.1, 0.15) is 48.5 Å². The van der Waals surface area contributed by atoms with Crippen LogP contribution in [0.2, 0.25) is 0 Å². The Morgan fingerprint density at radius 3 is 2.62 bits per heavy atom. The van der Waals surface area contributed by atoms with Crippen LogP contribution in [0, 0.1) is 25.7 Å². The highest BCUT2D eigenvalue weighted by atomic mass is 16.5. The van der Waals surface area contributed by atoms with Crippen LogP contribution in [0.25, 0.3) is 0 Å². The third-order valence-corrected chi connectivity index (χ3v) is 6.96. The van der Waals surface area contributed by atoms with Crippen LogP contribution in [0.5, 0.6) is 5.75 Å². The Morgan fingerprint density at radius 1 is 1.27 bits per heavy atom. The number of carbonyl (C=O) groups is 3. The topological polar surface area (TPSA) is 137 Å². The number of para-hydroxylation sites is 1. The average Bonchev–Trinajstić information content (AvgIpc) is 3.68. The normalized spacial score (nSPS) is 20.3. The molecule has 1 aromatic carbocycles. The lowest BCUT2D eigenvalue weighted by atomic mass is 9.99. The molecule has 0 unspecified atom stereocenters. The number of hydrogen-bond donors (Lipinski definition) is 3. The number of anilines is 2. The van der Waals surface area contributed by atoms with Crippen molar-refractivity contribution in [1.29, 1.82) is 0 Å². The number of nitrogens with zero attached hydrogens (tertiary/aromatic N) is 3. The first-order valence-electron chi connectivity index (χ1n) is 12.6. The minimum Gasteiger partial charge on any atom is -0.485 e. The van der Waals surface area contributed by atoms with Crippen molar-refractivity contribution in [2.75, 3.05) is 37.4 Å². The van der Waals surface area contributed by atoms with Gasteiger partial charge in [0, 0.05) is 25.4 Å². The van der Waals surface area contributed by atoms with Gasteiger partial charge in [0.25, 0.3) is 5.91 Å². The molecule has 1 fully saturated rings. The van der Waals surface area contributed by atoms with Gasteiger partial charge in [-0.2, -0.15) is 0 Å². The van der Waals surface area contributed by atoms with Crippen LogP contribution in [-0.2, 0) is 4.79 Å². The number of carbonyl (C=O) groups excluding carboxylic acids is 3. The molecule has 1 aliphatic carbocycles. The lowest BCUT2D eigenvalue weighted by Crippen LogP contribution is -2.50. The van der Waals surface area contributed by atoms with Crippen LogP contribution in [-0.4, -0.2) is 76.8 Å². The van der Waals surface area contributed by atoms with Gasteiger partial charge in [0.05, 0.1) is 30.4 Å². The number of rotatable bonds is 7. The lowest BCUT2D eigenvalue weighted by molar-refractivity contribution is -0.117. The molecule has 4 amide bonds. The van der Waals surface area contributed by atoms with E-state index in [1.54, 1.807) is 50.9 Å².